The highest BCUT2D eigenvalue weighted by atomic mass is 35.5. The van der Waals surface area contributed by atoms with E-state index in [9.17, 15) is 9.18 Å². The summed E-state index contributed by atoms with van der Waals surface area (Å²) in [4.78, 5) is 12.2. The minimum Gasteiger partial charge on any atom is -0.323 e. The van der Waals surface area contributed by atoms with Gasteiger partial charge in [0.1, 0.15) is 5.82 Å². The van der Waals surface area contributed by atoms with Crippen molar-refractivity contribution in [2.24, 2.45) is 11.3 Å². The third kappa shape index (κ3) is 2.47. The van der Waals surface area contributed by atoms with Gasteiger partial charge < -0.3 is 10.6 Å². The van der Waals surface area contributed by atoms with Gasteiger partial charge in [0.15, 0.2) is 0 Å². The van der Waals surface area contributed by atoms with Crippen molar-refractivity contribution >= 4 is 23.2 Å². The van der Waals surface area contributed by atoms with Gasteiger partial charge in [-0.25, -0.2) is 4.39 Å². The maximum absolute atomic E-state index is 13.6. The van der Waals surface area contributed by atoms with Gasteiger partial charge in [-0.2, -0.15) is 0 Å². The van der Waals surface area contributed by atoms with E-state index in [1.165, 1.54) is 18.2 Å². The quantitative estimate of drug-likeness (QED) is 0.876. The molecule has 0 radical (unpaired) electrons. The van der Waals surface area contributed by atoms with Crippen LogP contribution in [0.3, 0.4) is 0 Å². The van der Waals surface area contributed by atoms with Crippen LogP contribution in [0.5, 0.6) is 0 Å². The van der Waals surface area contributed by atoms with Crippen LogP contribution in [-0.4, -0.2) is 19.0 Å². The number of carbonyl (C=O) groups excluding carboxylic acids is 1. The number of hydrogen-bond acceptors (Lipinski definition) is 2. The number of nitrogens with one attached hydrogen (secondary N) is 2. The summed E-state index contributed by atoms with van der Waals surface area (Å²) in [6.07, 6.45) is 2.98. The van der Waals surface area contributed by atoms with E-state index in [2.05, 4.69) is 10.6 Å². The maximum atomic E-state index is 13.6. The molecule has 0 aromatic heterocycles. The van der Waals surface area contributed by atoms with Crippen LogP contribution in [0.25, 0.3) is 0 Å². The second kappa shape index (κ2) is 4.76. The highest BCUT2D eigenvalue weighted by Crippen LogP contribution is 2.58. The lowest BCUT2D eigenvalue weighted by Gasteiger charge is -2.23. The van der Waals surface area contributed by atoms with Crippen molar-refractivity contribution in [3.63, 3.8) is 0 Å². The molecule has 0 bridgehead atoms. The molecule has 3 nitrogen and oxygen atoms in total. The Bertz CT molecular complexity index is 514. The van der Waals surface area contributed by atoms with Crippen LogP contribution in [0, 0.1) is 17.2 Å². The van der Waals surface area contributed by atoms with Gasteiger partial charge >= 0.3 is 0 Å². The van der Waals surface area contributed by atoms with Gasteiger partial charge in [0, 0.05) is 10.9 Å². The van der Waals surface area contributed by atoms with Gasteiger partial charge in [0.2, 0.25) is 5.91 Å². The van der Waals surface area contributed by atoms with Crippen LogP contribution in [0.4, 0.5) is 10.1 Å². The third-order valence-corrected chi connectivity index (χ3v) is 4.53. The first kappa shape index (κ1) is 12.9. The molecule has 1 atom stereocenters. The van der Waals surface area contributed by atoms with Crippen molar-refractivity contribution in [3.05, 3.63) is 29.0 Å². The summed E-state index contributed by atoms with van der Waals surface area (Å²) in [5.74, 6) is -0.506. The summed E-state index contributed by atoms with van der Waals surface area (Å²) in [6.45, 7) is 1.94. The molecule has 1 aliphatic carbocycles. The average molecular weight is 283 g/mol. The molecule has 2 N–H and O–H groups in total. The van der Waals surface area contributed by atoms with Gasteiger partial charge in [-0.1, -0.05) is 11.6 Å². The number of rotatable bonds is 2. The Morgan fingerprint density at radius 3 is 2.89 bits per heavy atom. The molecule has 1 aromatic rings. The SMILES string of the molecule is O=C(Nc1cc(Cl)ccc1F)C1CC12CCNCC2. The monoisotopic (exact) mass is 282 g/mol. The lowest BCUT2D eigenvalue weighted by Crippen LogP contribution is -2.31. The van der Waals surface area contributed by atoms with Crippen LogP contribution < -0.4 is 10.6 Å². The molecule has 19 heavy (non-hydrogen) atoms. The largest absolute Gasteiger partial charge is 0.323 e. The molecule has 1 aliphatic heterocycles. The Labute approximate surface area is 116 Å². The highest BCUT2D eigenvalue weighted by molar-refractivity contribution is 6.30. The predicted octanol–water partition coefficient (Wildman–Crippen LogP) is 2.81. The van der Waals surface area contributed by atoms with Crippen molar-refractivity contribution in [3.8, 4) is 0 Å². The summed E-state index contributed by atoms with van der Waals surface area (Å²) < 4.78 is 13.6. The number of halogens is 2. The number of benzene rings is 1. The van der Waals surface area contributed by atoms with E-state index in [0.29, 0.717) is 5.02 Å². The fourth-order valence-electron chi connectivity index (χ4n) is 3.01. The van der Waals surface area contributed by atoms with E-state index >= 15 is 0 Å². The Hall–Kier alpha value is -1.13. The minimum atomic E-state index is -0.447. The van der Waals surface area contributed by atoms with E-state index in [1.54, 1.807) is 0 Å². The second-order valence-corrected chi connectivity index (χ2v) is 5.92. The number of carbonyl (C=O) groups is 1. The summed E-state index contributed by atoms with van der Waals surface area (Å²) in [5, 5.41) is 6.38. The Morgan fingerprint density at radius 2 is 2.16 bits per heavy atom. The number of piperidine rings is 1. The van der Waals surface area contributed by atoms with E-state index in [4.69, 9.17) is 11.6 Å². The average Bonchev–Trinajstić information content (AvgIpc) is 3.08. The highest BCUT2D eigenvalue weighted by Gasteiger charge is 2.57. The summed E-state index contributed by atoms with van der Waals surface area (Å²) in [7, 11) is 0. The van der Waals surface area contributed by atoms with Gasteiger partial charge in [0.05, 0.1) is 5.69 Å². The molecule has 1 amide bonds. The molecule has 1 spiro atoms. The maximum Gasteiger partial charge on any atom is 0.228 e. The van der Waals surface area contributed by atoms with E-state index in [1.807, 2.05) is 0 Å². The molecule has 1 heterocycles. The second-order valence-electron chi connectivity index (χ2n) is 5.48. The van der Waals surface area contributed by atoms with Gasteiger partial charge in [-0.15, -0.1) is 0 Å². The molecule has 2 fully saturated rings. The summed E-state index contributed by atoms with van der Waals surface area (Å²) >= 11 is 5.81. The van der Waals surface area contributed by atoms with Gasteiger partial charge in [0.25, 0.3) is 0 Å². The van der Waals surface area contributed by atoms with Crippen molar-refractivity contribution in [1.82, 2.24) is 5.32 Å². The van der Waals surface area contributed by atoms with Gasteiger partial charge in [-0.05, 0) is 56.0 Å². The molecule has 1 unspecified atom stereocenters. The first-order chi connectivity index (χ1) is 9.11. The molecule has 102 valence electrons. The lowest BCUT2D eigenvalue weighted by molar-refractivity contribution is -0.118. The predicted molar refractivity (Wildman–Crippen MR) is 72.7 cm³/mol. The Balaban J connectivity index is 1.68. The van der Waals surface area contributed by atoms with Gasteiger partial charge in [-0.3, -0.25) is 4.79 Å². The van der Waals surface area contributed by atoms with Crippen LogP contribution in [0.1, 0.15) is 19.3 Å². The first-order valence-electron chi connectivity index (χ1n) is 6.57. The van der Waals surface area contributed by atoms with Crippen LogP contribution in [-0.2, 0) is 4.79 Å². The molecule has 2 aliphatic rings. The fourth-order valence-corrected chi connectivity index (χ4v) is 3.18. The zero-order valence-electron chi connectivity index (χ0n) is 10.5. The normalized spacial score (nSPS) is 24.2. The molecular weight excluding hydrogens is 267 g/mol. The zero-order valence-corrected chi connectivity index (χ0v) is 11.3. The third-order valence-electron chi connectivity index (χ3n) is 4.29. The Morgan fingerprint density at radius 1 is 1.42 bits per heavy atom. The van der Waals surface area contributed by atoms with Crippen LogP contribution in [0.15, 0.2) is 18.2 Å². The molecule has 5 heteroatoms. The molecule has 1 aromatic carbocycles. The van der Waals surface area contributed by atoms with Crippen molar-refractivity contribution in [2.45, 2.75) is 19.3 Å². The fraction of sp³-hybridized carbons (Fsp3) is 0.500. The van der Waals surface area contributed by atoms with Crippen LogP contribution in [0.2, 0.25) is 5.02 Å². The van der Waals surface area contributed by atoms with Crippen molar-refractivity contribution in [2.75, 3.05) is 18.4 Å². The first-order valence-corrected chi connectivity index (χ1v) is 6.95. The minimum absolute atomic E-state index is 0.0213. The van der Waals surface area contributed by atoms with Crippen LogP contribution >= 0.6 is 11.6 Å². The lowest BCUT2D eigenvalue weighted by atomic mass is 9.92. The zero-order chi connectivity index (χ0) is 13.5. The smallest absolute Gasteiger partial charge is 0.228 e. The van der Waals surface area contributed by atoms with Crippen molar-refractivity contribution < 1.29 is 9.18 Å². The molecule has 1 saturated heterocycles. The van der Waals surface area contributed by atoms with E-state index in [0.717, 1.165) is 32.4 Å². The summed E-state index contributed by atoms with van der Waals surface area (Å²) in [5.41, 5.74) is 0.332. The number of amides is 1. The summed E-state index contributed by atoms with van der Waals surface area (Å²) in [6, 6.07) is 4.19. The molecule has 1 saturated carbocycles. The van der Waals surface area contributed by atoms with E-state index in [-0.39, 0.29) is 22.9 Å². The standard InChI is InChI=1S/C14H16ClFN2O/c15-9-1-2-11(16)12(7-9)18-13(19)10-8-14(10)3-5-17-6-4-14/h1-2,7,10,17H,3-6,8H2,(H,18,19). The number of anilines is 1. The van der Waals surface area contributed by atoms with Crippen molar-refractivity contribution in [1.29, 1.82) is 0 Å². The molecular formula is C14H16ClFN2O. The molecule has 3 rings (SSSR count). The Kier molecular flexibility index (Phi) is 3.23. The topological polar surface area (TPSA) is 41.1 Å². The number of hydrogen-bond donors (Lipinski definition) is 2. The van der Waals surface area contributed by atoms with E-state index < -0.39 is 5.82 Å².